The molecule has 0 radical (unpaired) electrons. The minimum Gasteiger partial charge on any atom is -0.497 e. The van der Waals surface area contributed by atoms with E-state index in [2.05, 4.69) is 0 Å². The van der Waals surface area contributed by atoms with Gasteiger partial charge in [0.2, 0.25) is 0 Å². The van der Waals surface area contributed by atoms with Crippen molar-refractivity contribution < 1.29 is 14.3 Å². The van der Waals surface area contributed by atoms with Crippen molar-refractivity contribution in [3.8, 4) is 11.5 Å². The Hall–Kier alpha value is -1.26. The van der Waals surface area contributed by atoms with Gasteiger partial charge in [-0.2, -0.15) is 0 Å². The predicted molar refractivity (Wildman–Crippen MR) is 62.7 cm³/mol. The minimum absolute atomic E-state index is 0.228. The lowest BCUT2D eigenvalue weighted by Crippen LogP contribution is -2.26. The summed E-state index contributed by atoms with van der Waals surface area (Å²) in [5, 5.41) is 0. The summed E-state index contributed by atoms with van der Waals surface area (Å²) in [4.78, 5) is 4.74. The van der Waals surface area contributed by atoms with Gasteiger partial charge in [0, 0.05) is 11.0 Å². The number of methoxy groups -OCH3 is 2. The highest BCUT2D eigenvalue weighted by molar-refractivity contribution is 5.44. The number of hydrogen-bond acceptors (Lipinski definition) is 4. The average Bonchev–Trinajstić information content (AvgIpc) is 2.28. The molecule has 0 aliphatic carbocycles. The molecule has 4 heteroatoms. The van der Waals surface area contributed by atoms with E-state index < -0.39 is 0 Å². The molecule has 0 spiro atoms. The number of hydrogen-bond donors (Lipinski definition) is 1. The maximum atomic E-state index is 5.33. The molecule has 0 aliphatic rings. The standard InChI is InChI=1S/C12H19NO3/c1-12(2,8-16-13)10-7-9(14-3)5-6-11(10)15-4/h5-7H,8,13H2,1-4H3. The molecule has 0 heterocycles. The van der Waals surface area contributed by atoms with Crippen LogP contribution in [0.1, 0.15) is 19.4 Å². The summed E-state index contributed by atoms with van der Waals surface area (Å²) < 4.78 is 10.5. The fourth-order valence-corrected chi connectivity index (χ4v) is 1.63. The van der Waals surface area contributed by atoms with Gasteiger partial charge in [-0.15, -0.1) is 0 Å². The molecule has 16 heavy (non-hydrogen) atoms. The van der Waals surface area contributed by atoms with Crippen LogP contribution in [0.3, 0.4) is 0 Å². The molecule has 0 saturated heterocycles. The molecule has 1 aromatic rings. The van der Waals surface area contributed by atoms with Crippen molar-refractivity contribution in [1.29, 1.82) is 0 Å². The van der Waals surface area contributed by atoms with Crippen LogP contribution in [0.4, 0.5) is 0 Å². The molecule has 0 aromatic heterocycles. The summed E-state index contributed by atoms with van der Waals surface area (Å²) in [6.45, 7) is 4.49. The fraction of sp³-hybridized carbons (Fsp3) is 0.500. The number of rotatable bonds is 5. The van der Waals surface area contributed by atoms with Crippen molar-refractivity contribution in [2.24, 2.45) is 5.90 Å². The lowest BCUT2D eigenvalue weighted by Gasteiger charge is -2.26. The Kier molecular flexibility index (Phi) is 4.15. The first-order chi connectivity index (χ1) is 7.55. The van der Waals surface area contributed by atoms with Crippen LogP contribution in [0.15, 0.2) is 18.2 Å². The van der Waals surface area contributed by atoms with E-state index in [1.165, 1.54) is 0 Å². The lowest BCUT2D eigenvalue weighted by molar-refractivity contribution is 0.0953. The zero-order valence-corrected chi connectivity index (χ0v) is 10.2. The highest BCUT2D eigenvalue weighted by Crippen LogP contribution is 2.34. The molecular weight excluding hydrogens is 206 g/mol. The number of ether oxygens (including phenoxy) is 2. The summed E-state index contributed by atoms with van der Waals surface area (Å²) in [6, 6.07) is 5.69. The molecule has 0 unspecified atom stereocenters. The van der Waals surface area contributed by atoms with E-state index in [4.69, 9.17) is 20.2 Å². The Balaban J connectivity index is 3.17. The van der Waals surface area contributed by atoms with Gasteiger partial charge < -0.3 is 14.3 Å². The molecule has 1 rings (SSSR count). The Bertz CT molecular complexity index is 350. The first-order valence-corrected chi connectivity index (χ1v) is 5.09. The van der Waals surface area contributed by atoms with Crippen molar-refractivity contribution in [3.63, 3.8) is 0 Å². The van der Waals surface area contributed by atoms with Crippen molar-refractivity contribution in [2.75, 3.05) is 20.8 Å². The van der Waals surface area contributed by atoms with Gasteiger partial charge >= 0.3 is 0 Å². The van der Waals surface area contributed by atoms with Crippen LogP contribution >= 0.6 is 0 Å². The highest BCUT2D eigenvalue weighted by Gasteiger charge is 2.25. The Morgan fingerprint density at radius 2 is 1.88 bits per heavy atom. The molecular formula is C12H19NO3. The van der Waals surface area contributed by atoms with E-state index >= 15 is 0 Å². The molecule has 0 fully saturated rings. The first kappa shape index (κ1) is 12.8. The van der Waals surface area contributed by atoms with Gasteiger partial charge in [0.15, 0.2) is 0 Å². The molecule has 0 atom stereocenters. The van der Waals surface area contributed by atoms with E-state index in [0.717, 1.165) is 17.1 Å². The molecule has 90 valence electrons. The Morgan fingerprint density at radius 1 is 1.19 bits per heavy atom. The lowest BCUT2D eigenvalue weighted by atomic mass is 9.85. The molecule has 0 amide bonds. The van der Waals surface area contributed by atoms with E-state index in [1.54, 1.807) is 14.2 Å². The molecule has 0 bridgehead atoms. The first-order valence-electron chi connectivity index (χ1n) is 5.09. The summed E-state index contributed by atoms with van der Waals surface area (Å²) in [5.41, 5.74) is 0.786. The number of benzene rings is 1. The van der Waals surface area contributed by atoms with Gasteiger partial charge in [0.1, 0.15) is 11.5 Å². The second kappa shape index (κ2) is 5.18. The van der Waals surface area contributed by atoms with Crippen molar-refractivity contribution in [2.45, 2.75) is 19.3 Å². The molecule has 4 nitrogen and oxygen atoms in total. The molecule has 1 aromatic carbocycles. The quantitative estimate of drug-likeness (QED) is 0.777. The van der Waals surface area contributed by atoms with Gasteiger partial charge in [-0.05, 0) is 18.2 Å². The zero-order chi connectivity index (χ0) is 12.2. The summed E-state index contributed by atoms with van der Waals surface area (Å²) in [6.07, 6.45) is 0. The van der Waals surface area contributed by atoms with Crippen LogP contribution in [-0.4, -0.2) is 20.8 Å². The van der Waals surface area contributed by atoms with Gasteiger partial charge in [0.05, 0.1) is 20.8 Å². The molecule has 2 N–H and O–H groups in total. The Labute approximate surface area is 96.3 Å². The third-order valence-corrected chi connectivity index (χ3v) is 2.58. The highest BCUT2D eigenvalue weighted by atomic mass is 16.6. The SMILES string of the molecule is COc1ccc(OC)c(C(C)(C)CON)c1. The monoisotopic (exact) mass is 225 g/mol. The predicted octanol–water partition coefficient (Wildman–Crippen LogP) is 1.87. The van der Waals surface area contributed by atoms with E-state index in [9.17, 15) is 0 Å². The van der Waals surface area contributed by atoms with Crippen molar-refractivity contribution in [1.82, 2.24) is 0 Å². The molecule has 0 saturated carbocycles. The van der Waals surface area contributed by atoms with E-state index in [1.807, 2.05) is 32.0 Å². The minimum atomic E-state index is -0.228. The topological polar surface area (TPSA) is 53.7 Å². The van der Waals surface area contributed by atoms with Crippen LogP contribution in [0, 0.1) is 0 Å². The number of nitrogens with two attached hydrogens (primary N) is 1. The van der Waals surface area contributed by atoms with Crippen LogP contribution in [0.2, 0.25) is 0 Å². The van der Waals surface area contributed by atoms with Gasteiger partial charge in [0.25, 0.3) is 0 Å². The summed E-state index contributed by atoms with van der Waals surface area (Å²) in [5.74, 6) is 6.74. The molecule has 0 aliphatic heterocycles. The van der Waals surface area contributed by atoms with E-state index in [0.29, 0.717) is 6.61 Å². The average molecular weight is 225 g/mol. The van der Waals surface area contributed by atoms with Crippen LogP contribution in [0.25, 0.3) is 0 Å². The largest absolute Gasteiger partial charge is 0.497 e. The van der Waals surface area contributed by atoms with Crippen LogP contribution in [0.5, 0.6) is 11.5 Å². The second-order valence-corrected chi connectivity index (χ2v) is 4.26. The van der Waals surface area contributed by atoms with E-state index in [-0.39, 0.29) is 5.41 Å². The second-order valence-electron chi connectivity index (χ2n) is 4.26. The summed E-state index contributed by atoms with van der Waals surface area (Å²) >= 11 is 0. The normalized spacial score (nSPS) is 11.3. The van der Waals surface area contributed by atoms with Crippen LogP contribution in [-0.2, 0) is 10.3 Å². The smallest absolute Gasteiger partial charge is 0.122 e. The van der Waals surface area contributed by atoms with Crippen LogP contribution < -0.4 is 15.4 Å². The Morgan fingerprint density at radius 3 is 2.38 bits per heavy atom. The third kappa shape index (κ3) is 2.65. The zero-order valence-electron chi connectivity index (χ0n) is 10.2. The summed E-state index contributed by atoms with van der Waals surface area (Å²) in [7, 11) is 3.28. The van der Waals surface area contributed by atoms with Crippen molar-refractivity contribution in [3.05, 3.63) is 23.8 Å². The van der Waals surface area contributed by atoms with Gasteiger partial charge in [-0.25, -0.2) is 5.90 Å². The maximum Gasteiger partial charge on any atom is 0.122 e. The van der Waals surface area contributed by atoms with Gasteiger partial charge in [-0.1, -0.05) is 13.8 Å². The fourth-order valence-electron chi connectivity index (χ4n) is 1.63. The maximum absolute atomic E-state index is 5.33. The van der Waals surface area contributed by atoms with Crippen molar-refractivity contribution >= 4 is 0 Å². The third-order valence-electron chi connectivity index (χ3n) is 2.58. The van der Waals surface area contributed by atoms with Gasteiger partial charge in [-0.3, -0.25) is 0 Å².